The number of hydrogen-bond acceptors (Lipinski definition) is 8. The molecule has 0 spiro atoms. The zero-order valence-electron chi connectivity index (χ0n) is 23.6. The molecule has 3 aromatic carbocycles. The van der Waals surface area contributed by atoms with Crippen molar-refractivity contribution in [2.45, 2.75) is 33.2 Å². The number of nitrogens with zero attached hydrogens (tertiary/aromatic N) is 2. The highest BCUT2D eigenvalue weighted by Gasteiger charge is 2.30. The van der Waals surface area contributed by atoms with E-state index in [9.17, 15) is 18.0 Å². The van der Waals surface area contributed by atoms with Crippen molar-refractivity contribution in [3.8, 4) is 5.75 Å². The molecule has 0 atom stereocenters. The molecule has 42 heavy (non-hydrogen) atoms. The number of esters is 1. The van der Waals surface area contributed by atoms with Crippen molar-refractivity contribution in [2.75, 3.05) is 20.8 Å². The zero-order valence-corrected chi connectivity index (χ0v) is 23.6. The van der Waals surface area contributed by atoms with Crippen molar-refractivity contribution < 1.29 is 41.9 Å². The summed E-state index contributed by atoms with van der Waals surface area (Å²) in [6, 6.07) is 18.9. The van der Waals surface area contributed by atoms with E-state index in [1.54, 1.807) is 68.4 Å². The molecular formula is C31H31F3N2O6. The Labute approximate surface area is 242 Å². The minimum absolute atomic E-state index is 0.0315. The van der Waals surface area contributed by atoms with E-state index >= 15 is 0 Å². The van der Waals surface area contributed by atoms with Crippen molar-refractivity contribution in [1.82, 2.24) is 0 Å². The predicted molar refractivity (Wildman–Crippen MR) is 152 cm³/mol. The molecule has 0 heterocycles. The summed E-state index contributed by atoms with van der Waals surface area (Å²) in [5, 5.41) is 8.37. The lowest BCUT2D eigenvalue weighted by molar-refractivity contribution is -0.137. The van der Waals surface area contributed by atoms with Crippen LogP contribution in [-0.2, 0) is 43.3 Å². The van der Waals surface area contributed by atoms with Gasteiger partial charge in [-0.05, 0) is 61.4 Å². The van der Waals surface area contributed by atoms with Gasteiger partial charge in [-0.15, -0.1) is 0 Å². The first kappa shape index (κ1) is 31.7. The number of rotatable bonds is 13. The van der Waals surface area contributed by atoms with E-state index in [-0.39, 0.29) is 18.8 Å². The van der Waals surface area contributed by atoms with Gasteiger partial charge >= 0.3 is 12.1 Å². The van der Waals surface area contributed by atoms with Gasteiger partial charge in [0.15, 0.2) is 0 Å². The van der Waals surface area contributed by atoms with Crippen molar-refractivity contribution in [2.24, 2.45) is 10.3 Å². The van der Waals surface area contributed by atoms with E-state index in [0.717, 1.165) is 12.1 Å². The summed E-state index contributed by atoms with van der Waals surface area (Å²) in [6.07, 6.45) is -3.12. The monoisotopic (exact) mass is 584 g/mol. The smallest absolute Gasteiger partial charge is 0.416 e. The Bertz CT molecular complexity index is 1430. The number of ether oxygens (including phenoxy) is 3. The van der Waals surface area contributed by atoms with E-state index in [1.165, 1.54) is 26.5 Å². The first-order valence-corrected chi connectivity index (χ1v) is 12.8. The van der Waals surface area contributed by atoms with Crippen molar-refractivity contribution in [3.63, 3.8) is 0 Å². The molecule has 0 bridgehead atoms. The molecule has 0 radical (unpaired) electrons. The molecule has 3 rings (SSSR count). The largest absolute Gasteiger partial charge is 0.503 e. The average Bonchev–Trinajstić information content (AvgIpc) is 2.99. The van der Waals surface area contributed by atoms with Crippen molar-refractivity contribution in [1.29, 1.82) is 0 Å². The summed E-state index contributed by atoms with van der Waals surface area (Å²) in [7, 11) is 2.72. The molecule has 3 aromatic rings. The maximum atomic E-state index is 13.0. The second kappa shape index (κ2) is 15.3. The number of oxime groups is 2. The second-order valence-corrected chi connectivity index (χ2v) is 8.73. The Morgan fingerprint density at radius 3 is 2.31 bits per heavy atom. The van der Waals surface area contributed by atoms with Gasteiger partial charge in [0.2, 0.25) is 0 Å². The number of halogens is 3. The molecule has 0 aromatic heterocycles. The van der Waals surface area contributed by atoms with Crippen LogP contribution in [0.4, 0.5) is 13.2 Å². The Morgan fingerprint density at radius 1 is 0.905 bits per heavy atom. The molecule has 0 unspecified atom stereocenters. The molecule has 0 aliphatic rings. The Morgan fingerprint density at radius 2 is 1.64 bits per heavy atom. The minimum atomic E-state index is -4.42. The number of alkyl halides is 3. The Kier molecular flexibility index (Phi) is 11.5. The van der Waals surface area contributed by atoms with Gasteiger partial charge in [-0.1, -0.05) is 46.7 Å². The summed E-state index contributed by atoms with van der Waals surface area (Å²) < 4.78 is 54.5. The minimum Gasteiger partial charge on any atom is -0.503 e. The number of carbonyl (C=O) groups excluding carboxylic acids is 1. The van der Waals surface area contributed by atoms with Crippen LogP contribution < -0.4 is 4.74 Å². The van der Waals surface area contributed by atoms with Crippen LogP contribution in [0.1, 0.15) is 41.7 Å². The first-order valence-electron chi connectivity index (χ1n) is 12.8. The lowest BCUT2D eigenvalue weighted by atomic mass is 10.0. The van der Waals surface area contributed by atoms with Gasteiger partial charge < -0.3 is 23.9 Å². The summed E-state index contributed by atoms with van der Waals surface area (Å²) in [5.41, 5.74) is 2.61. The van der Waals surface area contributed by atoms with E-state index in [4.69, 9.17) is 23.9 Å². The number of benzene rings is 3. The molecular weight excluding hydrogens is 553 g/mol. The molecule has 0 fully saturated rings. The lowest BCUT2D eigenvalue weighted by Gasteiger charge is -2.12. The summed E-state index contributed by atoms with van der Waals surface area (Å²) in [6.45, 7) is 3.82. The average molecular weight is 585 g/mol. The van der Waals surface area contributed by atoms with Crippen molar-refractivity contribution in [3.05, 3.63) is 107 Å². The normalized spacial score (nSPS) is 12.5. The maximum absolute atomic E-state index is 13.0. The van der Waals surface area contributed by atoms with Crippen molar-refractivity contribution >= 4 is 23.0 Å². The van der Waals surface area contributed by atoms with Crippen LogP contribution >= 0.6 is 0 Å². The predicted octanol–water partition coefficient (Wildman–Crippen LogP) is 6.78. The summed E-state index contributed by atoms with van der Waals surface area (Å²) in [5.74, 6) is -0.0998. The molecule has 222 valence electrons. The van der Waals surface area contributed by atoms with Crippen LogP contribution in [0.2, 0.25) is 0 Å². The third kappa shape index (κ3) is 8.85. The fraction of sp³-hybridized carbons (Fsp3) is 0.258. The van der Waals surface area contributed by atoms with Crippen LogP contribution in [0.15, 0.2) is 89.4 Å². The number of hydrogen-bond donors (Lipinski definition) is 0. The van der Waals surface area contributed by atoms with Gasteiger partial charge in [-0.2, -0.15) is 13.2 Å². The summed E-state index contributed by atoms with van der Waals surface area (Å²) >= 11 is 0. The van der Waals surface area contributed by atoms with Crippen LogP contribution in [0, 0.1) is 0 Å². The standard InChI is InChI=1S/C31H31F3N2O6/c1-5-41-36-29(21(2)35-42-19-24-10-6-7-12-27(24)28(20-38-3)30(37)39-4)23-13-15-26(16-14-23)40-18-22-9-8-11-25(17-22)31(32,33)34/h6-17,20H,5,18-19H2,1-4H3/b28-20?,35-21?,36-29+. The molecule has 0 N–H and O–H groups in total. The highest BCUT2D eigenvalue weighted by Crippen LogP contribution is 2.30. The van der Waals surface area contributed by atoms with Gasteiger partial charge in [-0.25, -0.2) is 4.79 Å². The van der Waals surface area contributed by atoms with Crippen LogP contribution in [0.25, 0.3) is 5.57 Å². The topological polar surface area (TPSA) is 87.9 Å². The molecule has 11 heteroatoms. The van der Waals surface area contributed by atoms with E-state index in [1.807, 2.05) is 0 Å². The van der Waals surface area contributed by atoms with Gasteiger partial charge in [0.25, 0.3) is 0 Å². The van der Waals surface area contributed by atoms with Gasteiger partial charge in [0.05, 0.1) is 26.0 Å². The highest BCUT2D eigenvalue weighted by atomic mass is 19.4. The van der Waals surface area contributed by atoms with Gasteiger partial charge in [0.1, 0.15) is 42.6 Å². The highest BCUT2D eigenvalue weighted by molar-refractivity contribution is 6.47. The maximum Gasteiger partial charge on any atom is 0.416 e. The Hall–Kier alpha value is -4.80. The molecule has 0 saturated carbocycles. The quantitative estimate of drug-likeness (QED) is 0.0724. The third-order valence-electron chi connectivity index (χ3n) is 5.79. The third-order valence-corrected chi connectivity index (χ3v) is 5.79. The van der Waals surface area contributed by atoms with E-state index in [2.05, 4.69) is 10.3 Å². The Balaban J connectivity index is 1.73. The van der Waals surface area contributed by atoms with Crippen LogP contribution in [-0.4, -0.2) is 38.2 Å². The molecule has 0 aliphatic carbocycles. The van der Waals surface area contributed by atoms with Crippen LogP contribution in [0.5, 0.6) is 5.75 Å². The molecule has 0 saturated heterocycles. The zero-order chi connectivity index (χ0) is 30.5. The number of carbonyl (C=O) groups is 1. The first-order chi connectivity index (χ1) is 20.2. The van der Waals surface area contributed by atoms with E-state index < -0.39 is 17.7 Å². The molecule has 0 aliphatic heterocycles. The number of methoxy groups -OCH3 is 2. The SMILES string of the molecule is CCO/N=C(\C(C)=NOCc1ccccc1C(=COC)C(=O)OC)c1ccc(OCc2cccc(C(F)(F)F)c2)cc1. The van der Waals surface area contributed by atoms with Crippen LogP contribution in [0.3, 0.4) is 0 Å². The lowest BCUT2D eigenvalue weighted by Crippen LogP contribution is -2.14. The van der Waals surface area contributed by atoms with Gasteiger partial charge in [0, 0.05) is 11.1 Å². The second-order valence-electron chi connectivity index (χ2n) is 8.73. The van der Waals surface area contributed by atoms with E-state index in [0.29, 0.717) is 46.0 Å². The fourth-order valence-corrected chi connectivity index (χ4v) is 3.77. The van der Waals surface area contributed by atoms with Gasteiger partial charge in [-0.3, -0.25) is 0 Å². The summed E-state index contributed by atoms with van der Waals surface area (Å²) in [4.78, 5) is 23.2. The fourth-order valence-electron chi connectivity index (χ4n) is 3.77. The molecule has 0 amide bonds. The molecule has 8 nitrogen and oxygen atoms in total.